The Kier molecular flexibility index (Phi) is 83.8. The zero-order chi connectivity index (χ0) is 76.4. The highest BCUT2D eigenvalue weighted by Gasteiger charge is 2.52. The first-order valence-corrected chi connectivity index (χ1v) is 43.9. The Hall–Kier alpha value is -0.990. The molecule has 1 heterocycles. The summed E-state index contributed by atoms with van der Waals surface area (Å²) >= 11 is 0. The van der Waals surface area contributed by atoms with E-state index in [4.69, 9.17) is 29.9 Å². The summed E-state index contributed by atoms with van der Waals surface area (Å²) in [4.78, 5) is 10.6. The van der Waals surface area contributed by atoms with Gasteiger partial charge >= 0.3 is 5.97 Å². The average molecular weight is 1500 g/mol. The molecule has 648 valence electrons. The monoisotopic (exact) mass is 1500 g/mol. The third-order valence-electron chi connectivity index (χ3n) is 26.5. The van der Waals surface area contributed by atoms with Crippen LogP contribution in [0.3, 0.4) is 0 Å². The third kappa shape index (κ3) is 58.5. The van der Waals surface area contributed by atoms with Gasteiger partial charge < -0.3 is 29.9 Å². The fraction of sp³-hybridized carbons (Fsp3) is 0.969. The molecule has 105 heavy (non-hydrogen) atoms. The number of esters is 1. The molecular formula is C98H214O7. The second-order valence-electron chi connectivity index (χ2n) is 35.1. The molecular weight excluding hydrogens is 1290 g/mol. The number of unbranched alkanes of at least 4 members (excludes halogenated alkanes) is 7. The first-order chi connectivity index (χ1) is 46.6. The van der Waals surface area contributed by atoms with Crippen molar-refractivity contribution in [3.8, 4) is 0 Å². The van der Waals surface area contributed by atoms with Gasteiger partial charge in [0.1, 0.15) is 5.60 Å². The first kappa shape index (κ1) is 122. The van der Waals surface area contributed by atoms with Crippen LogP contribution in [-0.4, -0.2) is 68.1 Å². The normalized spacial score (nSPS) is 30.3. The quantitative estimate of drug-likeness (QED) is 0.0526. The fourth-order valence-electron chi connectivity index (χ4n) is 15.6. The van der Waals surface area contributed by atoms with E-state index in [9.17, 15) is 4.79 Å². The van der Waals surface area contributed by atoms with Crippen molar-refractivity contribution in [3.63, 3.8) is 0 Å². The number of epoxide rings is 1. The highest BCUT2D eigenvalue weighted by molar-refractivity contribution is 5.66. The Labute approximate surface area is 670 Å². The zero-order valence-corrected chi connectivity index (χ0v) is 72.7. The molecule has 9 aliphatic carbocycles. The Morgan fingerprint density at radius 2 is 0.790 bits per heavy atom. The summed E-state index contributed by atoms with van der Waals surface area (Å²) in [6.07, 6.45) is 52.6. The van der Waals surface area contributed by atoms with Gasteiger partial charge in [-0.25, -0.2) is 0 Å². The maximum absolute atomic E-state index is 10.6. The molecule has 7 heteroatoms. The van der Waals surface area contributed by atoms with Crippen molar-refractivity contribution >= 4 is 5.97 Å². The predicted octanol–water partition coefficient (Wildman–Crippen LogP) is 32.0. The van der Waals surface area contributed by atoms with Crippen molar-refractivity contribution in [3.05, 3.63) is 12.2 Å². The van der Waals surface area contributed by atoms with Gasteiger partial charge in [-0.05, 0) is 244 Å². The number of rotatable bonds is 16. The SMILES string of the molecule is C.C.C.C.C.C.CC.CC(O)C(C)O.CC1C2CCC(C2)C1C.CC1CC2OC2CC1C.CC1CC=CCC1C.CC1CCC(C)CC1.CC1CCC2C3CCC(C3)C12.CC1CCCCC1C.CCC(C)(CC)OC(C)=O.CCC(C)(O)CC.CCC(C)CC.CCC(C)O.CCCCCCCCCC.[HH].[HH]. The summed E-state index contributed by atoms with van der Waals surface area (Å²) < 4.78 is 10.5. The number of hydrogen-bond acceptors (Lipinski definition) is 7. The molecule has 4 N–H and O–H groups in total. The van der Waals surface area contributed by atoms with Crippen LogP contribution in [0.4, 0.5) is 0 Å². The first-order valence-electron chi connectivity index (χ1n) is 43.9. The van der Waals surface area contributed by atoms with Crippen molar-refractivity contribution in [1.29, 1.82) is 0 Å². The van der Waals surface area contributed by atoms with E-state index >= 15 is 0 Å². The molecule has 0 radical (unpaired) electrons. The lowest BCUT2D eigenvalue weighted by molar-refractivity contribution is -0.155. The molecule has 8 saturated carbocycles. The standard InChI is InChI=1S/C11H18.C10H22.C9H16.C8H16O2.C8H14O.2C8H16.C8H14.C6H14O.C6H14.C4H10O2.C4H10O.C2H6.6CH4.2H2/c1-7-2-5-10-8-3-4-9(6-8)11(7)10;1-3-5-7-9-10-8-6-4-2;1-6-7(2)9-4-3-8(6)5-9;1-5-8(4,6-2)10-7(3)9;1-5-3-7-8(9-7)4-6(5)2;1-7-3-5-8(2)6-4-7;2*1-7-5-3-4-6-8(7)2;1-4-6(3,7)5-2;1-4-6(3)5-2;1-3(5)4(2)6;1-3-4(2)5;1-2;;;;;;;;/h7-11H,2-6H2,1H3;3-10H2,1-2H3;6-9H,3-5H2,1-2H3;5-6H2,1-4H3;5-8H,3-4H2,1-2H3;2*7-8H,3-6H2,1-2H3;3-4,7-8H,5-6H2,1-2H3;7H,4-5H2,1-3H3;6H,4-5H2,1-3H3;3-6H,1-2H3;4-5H,3H2,1-2H3;1-2H3;6*1H4;2*1H. The van der Waals surface area contributed by atoms with Gasteiger partial charge in [-0.2, -0.15) is 0 Å². The van der Waals surface area contributed by atoms with Crippen molar-refractivity contribution < 1.29 is 37.5 Å². The lowest BCUT2D eigenvalue weighted by Crippen LogP contribution is -2.28. The fourth-order valence-corrected chi connectivity index (χ4v) is 15.6. The highest BCUT2D eigenvalue weighted by atomic mass is 16.6. The maximum atomic E-state index is 10.6. The number of allylic oxidation sites excluding steroid dienone is 2. The van der Waals surface area contributed by atoms with Crippen LogP contribution in [0.2, 0.25) is 0 Å². The van der Waals surface area contributed by atoms with Gasteiger partial charge in [0.25, 0.3) is 0 Å². The topological polar surface area (TPSA) is 120 Å². The van der Waals surface area contributed by atoms with E-state index in [1.54, 1.807) is 59.3 Å². The molecule has 0 spiro atoms. The minimum atomic E-state index is -0.593. The number of aliphatic hydroxyl groups is 4. The molecule has 1 aliphatic heterocycles. The van der Waals surface area contributed by atoms with Crippen LogP contribution in [0.1, 0.15) is 473 Å². The summed E-state index contributed by atoms with van der Waals surface area (Å²) in [5.74, 6) is 18.5. The molecule has 10 aliphatic rings. The van der Waals surface area contributed by atoms with Gasteiger partial charge in [-0.15, -0.1) is 0 Å². The molecule has 10 rings (SSSR count). The number of ether oxygens (including phenoxy) is 2. The van der Waals surface area contributed by atoms with E-state index in [1.807, 2.05) is 62.3 Å². The van der Waals surface area contributed by atoms with Crippen LogP contribution in [0.25, 0.3) is 0 Å². The van der Waals surface area contributed by atoms with Crippen molar-refractivity contribution in [1.82, 2.24) is 0 Å². The van der Waals surface area contributed by atoms with Crippen LogP contribution in [0, 0.1) is 107 Å². The maximum Gasteiger partial charge on any atom is 0.303 e. The van der Waals surface area contributed by atoms with Gasteiger partial charge in [0.15, 0.2) is 0 Å². The minimum absolute atomic E-state index is 0. The van der Waals surface area contributed by atoms with Crippen LogP contribution in [0.15, 0.2) is 12.2 Å². The Balaban J connectivity index is -0.000000104. The van der Waals surface area contributed by atoms with Crippen LogP contribution in [-0.2, 0) is 14.3 Å². The van der Waals surface area contributed by atoms with Crippen LogP contribution in [0.5, 0.6) is 0 Å². The summed E-state index contributed by atoms with van der Waals surface area (Å²) in [7, 11) is 0. The second kappa shape index (κ2) is 72.0. The average Bonchev–Trinajstić information content (AvgIpc) is 1.61. The Bertz CT molecular complexity index is 1740. The largest absolute Gasteiger partial charge is 0.460 e. The molecule has 7 nitrogen and oxygen atoms in total. The molecule has 20 unspecified atom stereocenters. The van der Waals surface area contributed by atoms with Crippen molar-refractivity contribution in [2.75, 3.05) is 0 Å². The minimum Gasteiger partial charge on any atom is -0.460 e. The third-order valence-corrected chi connectivity index (χ3v) is 26.5. The molecule has 0 aromatic heterocycles. The van der Waals surface area contributed by atoms with E-state index in [2.05, 4.69) is 123 Å². The molecule has 4 bridgehead atoms. The summed E-state index contributed by atoms with van der Waals surface area (Å²) in [5.41, 5.74) is -0.661. The molecule has 0 aromatic rings. The number of aliphatic hydroxyl groups excluding tert-OH is 3. The van der Waals surface area contributed by atoms with E-state index in [-0.39, 0.29) is 65.1 Å². The van der Waals surface area contributed by atoms with E-state index in [0.717, 1.165) is 115 Å². The lowest BCUT2D eigenvalue weighted by Gasteiger charge is -2.27. The molecule has 20 atom stereocenters. The van der Waals surface area contributed by atoms with Gasteiger partial charge in [0.05, 0.1) is 36.1 Å². The van der Waals surface area contributed by atoms with Gasteiger partial charge in [-0.1, -0.05) is 338 Å². The number of carbonyl (C=O) groups excluding carboxylic acids is 1. The number of fused-ring (bicyclic) bond motifs is 8. The molecule has 0 amide bonds. The highest BCUT2D eigenvalue weighted by Crippen LogP contribution is 2.60. The van der Waals surface area contributed by atoms with E-state index in [0.29, 0.717) is 12.2 Å². The lowest BCUT2D eigenvalue weighted by atomic mass is 9.79. The summed E-state index contributed by atoms with van der Waals surface area (Å²) in [6.45, 7) is 61.6. The van der Waals surface area contributed by atoms with Gasteiger partial charge in [0.2, 0.25) is 0 Å². The zero-order valence-electron chi connectivity index (χ0n) is 72.7. The predicted molar refractivity (Wildman–Crippen MR) is 483 cm³/mol. The number of hydrogen-bond donors (Lipinski definition) is 4. The molecule has 0 aromatic carbocycles. The smallest absolute Gasteiger partial charge is 0.303 e. The summed E-state index contributed by atoms with van der Waals surface area (Å²) in [5, 5.41) is 34.3. The number of carbonyl (C=O) groups is 1. The summed E-state index contributed by atoms with van der Waals surface area (Å²) in [6, 6.07) is 0. The second-order valence-corrected chi connectivity index (χ2v) is 35.1. The molecule has 1 saturated heterocycles. The van der Waals surface area contributed by atoms with Gasteiger partial charge in [-0.3, -0.25) is 4.79 Å². The van der Waals surface area contributed by atoms with E-state index in [1.165, 1.54) is 185 Å². The van der Waals surface area contributed by atoms with Gasteiger partial charge in [0, 0.05) is 9.78 Å². The Morgan fingerprint density at radius 3 is 1.03 bits per heavy atom. The van der Waals surface area contributed by atoms with Crippen LogP contribution < -0.4 is 0 Å². The van der Waals surface area contributed by atoms with Crippen molar-refractivity contribution in [2.24, 2.45) is 107 Å². The van der Waals surface area contributed by atoms with Crippen LogP contribution >= 0.6 is 0 Å². The molecule has 9 fully saturated rings. The van der Waals surface area contributed by atoms with E-state index < -0.39 is 17.8 Å². The Morgan fingerprint density at radius 1 is 0.448 bits per heavy atom. The van der Waals surface area contributed by atoms with Crippen molar-refractivity contribution in [2.45, 2.75) is 512 Å².